The molecule has 0 heterocycles. The van der Waals surface area contributed by atoms with E-state index in [1.807, 2.05) is 27.7 Å². The van der Waals surface area contributed by atoms with Crippen LogP contribution in [0.25, 0.3) is 0 Å². The molecule has 0 aromatic rings. The van der Waals surface area contributed by atoms with Crippen LogP contribution in [0.3, 0.4) is 0 Å². The summed E-state index contributed by atoms with van der Waals surface area (Å²) in [5.41, 5.74) is -1.82. The van der Waals surface area contributed by atoms with Gasteiger partial charge in [0.15, 0.2) is 11.2 Å². The summed E-state index contributed by atoms with van der Waals surface area (Å²) in [5, 5.41) is 0. The lowest BCUT2D eigenvalue weighted by Gasteiger charge is -2.44. The van der Waals surface area contributed by atoms with E-state index in [4.69, 9.17) is 14.5 Å². The highest BCUT2D eigenvalue weighted by Gasteiger charge is 2.70. The molecule has 164 valence electrons. The van der Waals surface area contributed by atoms with E-state index in [1.165, 1.54) is 0 Å². The van der Waals surface area contributed by atoms with Crippen LogP contribution in [-0.4, -0.2) is 22.8 Å². The zero-order chi connectivity index (χ0) is 22.3. The second-order valence-electron chi connectivity index (χ2n) is 10.9. The van der Waals surface area contributed by atoms with E-state index in [0.29, 0.717) is 11.5 Å². The van der Waals surface area contributed by atoms with E-state index in [9.17, 15) is 4.79 Å². The predicted molar refractivity (Wildman–Crippen MR) is 116 cm³/mol. The van der Waals surface area contributed by atoms with Crippen molar-refractivity contribution in [3.63, 3.8) is 0 Å². The molecule has 0 radical (unpaired) electrons. The van der Waals surface area contributed by atoms with Gasteiger partial charge in [0.1, 0.15) is 0 Å². The zero-order valence-corrected chi connectivity index (χ0v) is 20.0. The standard InChI is InChI=1S/C25H40O4/c1-11-13-21(4,5)28-29-22(6,7)15-16-25(27-20(26)18(2)3)17-19-12-14-24(25,10)23(19,8)9/h19H,2,11-14,17H2,1,3-10H3/t19-,24+,25-/m1/s1. The van der Waals surface area contributed by atoms with Gasteiger partial charge in [0.2, 0.25) is 0 Å². The minimum Gasteiger partial charge on any atom is -0.442 e. The molecule has 0 spiro atoms. The van der Waals surface area contributed by atoms with Crippen LogP contribution in [0.4, 0.5) is 0 Å². The maximum Gasteiger partial charge on any atom is 0.334 e. The molecule has 2 saturated carbocycles. The molecule has 2 fully saturated rings. The number of ether oxygens (including phenoxy) is 1. The number of hydrogen-bond acceptors (Lipinski definition) is 4. The highest BCUT2D eigenvalue weighted by molar-refractivity contribution is 5.87. The molecule has 0 saturated heterocycles. The Morgan fingerprint density at radius 3 is 2.24 bits per heavy atom. The first-order valence-electron chi connectivity index (χ1n) is 10.9. The summed E-state index contributed by atoms with van der Waals surface area (Å²) < 4.78 is 6.10. The van der Waals surface area contributed by atoms with Gasteiger partial charge in [-0.25, -0.2) is 14.6 Å². The summed E-state index contributed by atoms with van der Waals surface area (Å²) in [6.07, 6.45) is 4.79. The summed E-state index contributed by atoms with van der Waals surface area (Å²) in [7, 11) is 0. The fraction of sp³-hybridized carbons (Fsp3) is 0.800. The van der Waals surface area contributed by atoms with E-state index in [0.717, 1.165) is 32.1 Å². The van der Waals surface area contributed by atoms with Gasteiger partial charge in [0.05, 0.1) is 5.60 Å². The van der Waals surface area contributed by atoms with Gasteiger partial charge in [-0.3, -0.25) is 0 Å². The fourth-order valence-electron chi connectivity index (χ4n) is 5.00. The molecule has 2 rings (SSSR count). The Kier molecular flexibility index (Phi) is 6.40. The number of hydrogen-bond donors (Lipinski definition) is 0. The SMILES string of the molecule is C=C(C)C(=O)O[C@]1(C#CC(C)(C)OOC(C)(C)CCC)C[C@H]2CC[C@@]1(C)C2(C)C. The topological polar surface area (TPSA) is 44.8 Å². The molecule has 4 nitrogen and oxygen atoms in total. The average molecular weight is 405 g/mol. The number of esters is 1. The van der Waals surface area contributed by atoms with Gasteiger partial charge in [-0.05, 0) is 65.2 Å². The lowest BCUT2D eigenvalue weighted by molar-refractivity contribution is -0.389. The van der Waals surface area contributed by atoms with Crippen LogP contribution in [0.2, 0.25) is 0 Å². The van der Waals surface area contributed by atoms with E-state index in [2.05, 4.69) is 46.1 Å². The van der Waals surface area contributed by atoms with Crippen molar-refractivity contribution in [2.75, 3.05) is 0 Å². The molecule has 0 amide bonds. The third-order valence-electron chi connectivity index (χ3n) is 7.37. The van der Waals surface area contributed by atoms with Crippen LogP contribution in [0, 0.1) is 28.6 Å². The van der Waals surface area contributed by atoms with Crippen LogP contribution >= 0.6 is 0 Å². The van der Waals surface area contributed by atoms with Gasteiger partial charge in [0.25, 0.3) is 0 Å². The number of carbonyl (C=O) groups excluding carboxylic acids is 1. The maximum absolute atomic E-state index is 12.5. The Morgan fingerprint density at radius 1 is 1.17 bits per heavy atom. The van der Waals surface area contributed by atoms with Gasteiger partial charge >= 0.3 is 5.97 Å². The molecule has 2 bridgehead atoms. The lowest BCUT2D eigenvalue weighted by atomic mass is 9.64. The second-order valence-corrected chi connectivity index (χ2v) is 10.9. The smallest absolute Gasteiger partial charge is 0.334 e. The summed E-state index contributed by atoms with van der Waals surface area (Å²) in [6, 6.07) is 0. The van der Waals surface area contributed by atoms with Gasteiger partial charge in [-0.15, -0.1) is 0 Å². The van der Waals surface area contributed by atoms with Crippen molar-refractivity contribution in [3.8, 4) is 11.8 Å². The van der Waals surface area contributed by atoms with E-state index >= 15 is 0 Å². The predicted octanol–water partition coefficient (Wildman–Crippen LogP) is 6.00. The minimum absolute atomic E-state index is 0.0433. The molecule has 29 heavy (non-hydrogen) atoms. The Labute approximate surface area is 177 Å². The van der Waals surface area contributed by atoms with Gasteiger partial charge in [-0.1, -0.05) is 52.5 Å². The molecular weight excluding hydrogens is 364 g/mol. The van der Waals surface area contributed by atoms with Crippen LogP contribution in [0.1, 0.15) is 94.4 Å². The van der Waals surface area contributed by atoms with Crippen molar-refractivity contribution >= 4 is 5.97 Å². The first-order valence-corrected chi connectivity index (χ1v) is 10.9. The summed E-state index contributed by atoms with van der Waals surface area (Å²) >= 11 is 0. The molecule has 0 N–H and O–H groups in total. The number of rotatable bonds is 7. The monoisotopic (exact) mass is 404 g/mol. The Balaban J connectivity index is 2.34. The second kappa shape index (κ2) is 7.75. The third-order valence-corrected chi connectivity index (χ3v) is 7.37. The Bertz CT molecular complexity index is 721. The maximum atomic E-state index is 12.5. The molecule has 0 aliphatic heterocycles. The van der Waals surface area contributed by atoms with Gasteiger partial charge in [0, 0.05) is 17.4 Å². The highest BCUT2D eigenvalue weighted by Crippen LogP contribution is 2.70. The molecule has 4 heteroatoms. The van der Waals surface area contributed by atoms with Gasteiger partial charge < -0.3 is 4.74 Å². The number of carbonyl (C=O) groups is 1. The summed E-state index contributed by atoms with van der Waals surface area (Å²) in [6.45, 7) is 22.1. The summed E-state index contributed by atoms with van der Waals surface area (Å²) in [4.78, 5) is 24.0. The van der Waals surface area contributed by atoms with E-state index < -0.39 is 11.2 Å². The summed E-state index contributed by atoms with van der Waals surface area (Å²) in [5.74, 6) is 6.73. The molecule has 0 aromatic heterocycles. The third kappa shape index (κ3) is 4.42. The number of fused-ring (bicyclic) bond motifs is 2. The molecule has 2 aliphatic rings. The largest absolute Gasteiger partial charge is 0.442 e. The van der Waals surface area contributed by atoms with E-state index in [1.54, 1.807) is 6.92 Å². The zero-order valence-electron chi connectivity index (χ0n) is 20.0. The van der Waals surface area contributed by atoms with Crippen molar-refractivity contribution in [2.45, 2.75) is 111 Å². The molecule has 0 aromatic carbocycles. The van der Waals surface area contributed by atoms with Crippen molar-refractivity contribution < 1.29 is 19.3 Å². The normalized spacial score (nSPS) is 30.6. The quantitative estimate of drug-likeness (QED) is 0.172. The highest BCUT2D eigenvalue weighted by atomic mass is 17.2. The lowest BCUT2D eigenvalue weighted by Crippen LogP contribution is -2.50. The van der Waals surface area contributed by atoms with Crippen molar-refractivity contribution in [3.05, 3.63) is 12.2 Å². The molecular formula is C25H40O4. The van der Waals surface area contributed by atoms with E-state index in [-0.39, 0.29) is 22.4 Å². The Hall–Kier alpha value is -1.31. The van der Waals surface area contributed by atoms with Crippen molar-refractivity contribution in [2.24, 2.45) is 16.7 Å². The van der Waals surface area contributed by atoms with Crippen molar-refractivity contribution in [1.82, 2.24) is 0 Å². The van der Waals surface area contributed by atoms with Crippen LogP contribution in [0.5, 0.6) is 0 Å². The Morgan fingerprint density at radius 2 is 1.79 bits per heavy atom. The van der Waals surface area contributed by atoms with Crippen LogP contribution < -0.4 is 0 Å². The molecule has 2 aliphatic carbocycles. The average Bonchev–Trinajstić information content (AvgIpc) is 2.91. The molecule has 0 unspecified atom stereocenters. The van der Waals surface area contributed by atoms with Crippen molar-refractivity contribution in [1.29, 1.82) is 0 Å². The first-order chi connectivity index (χ1) is 13.1. The fourth-order valence-corrected chi connectivity index (χ4v) is 5.00. The first kappa shape index (κ1) is 24.0. The van der Waals surface area contributed by atoms with Gasteiger partial charge in [-0.2, -0.15) is 0 Å². The minimum atomic E-state index is -0.838. The van der Waals surface area contributed by atoms with Crippen LogP contribution in [-0.2, 0) is 19.3 Å². The van der Waals surface area contributed by atoms with Crippen LogP contribution in [0.15, 0.2) is 12.2 Å². The molecule has 3 atom stereocenters.